The molecule has 0 aliphatic rings. The number of nitrogens with one attached hydrogen (secondary N) is 1. The summed E-state index contributed by atoms with van der Waals surface area (Å²) in [5.41, 5.74) is 7.42. The standard InChI is InChI=1S/C13H13BClN5/c1-8(9-2-4-10(15)5-3-9)20-13-11(6-19-14)12(16)17-7-18-13/h2-8H,1H3,(H3,16,17,18,20). The average molecular weight is 286 g/mol. The SMILES string of the molecule is [B]N=Cc1c(N)ncnc1NC(C)c1ccc(Cl)cc1. The van der Waals surface area contributed by atoms with Gasteiger partial charge in [-0.25, -0.2) is 9.97 Å². The van der Waals surface area contributed by atoms with Gasteiger partial charge in [0.2, 0.25) is 0 Å². The van der Waals surface area contributed by atoms with Gasteiger partial charge in [-0.05, 0) is 24.6 Å². The van der Waals surface area contributed by atoms with Gasteiger partial charge in [-0.1, -0.05) is 23.7 Å². The van der Waals surface area contributed by atoms with Crippen LogP contribution in [-0.4, -0.2) is 24.2 Å². The fraction of sp³-hybridized carbons (Fsp3) is 0.154. The van der Waals surface area contributed by atoms with E-state index in [1.807, 2.05) is 31.2 Å². The fourth-order valence-corrected chi connectivity index (χ4v) is 1.89. The molecule has 2 aromatic rings. The van der Waals surface area contributed by atoms with Gasteiger partial charge in [-0.2, -0.15) is 0 Å². The number of anilines is 2. The van der Waals surface area contributed by atoms with Crippen molar-refractivity contribution >= 4 is 37.4 Å². The Morgan fingerprint density at radius 1 is 1.35 bits per heavy atom. The molecule has 0 aliphatic heterocycles. The fourth-order valence-electron chi connectivity index (χ4n) is 1.77. The molecule has 3 N–H and O–H groups in total. The summed E-state index contributed by atoms with van der Waals surface area (Å²) in [5, 5.41) is 3.95. The Labute approximate surface area is 123 Å². The number of hydrogen-bond donors (Lipinski definition) is 2. The maximum absolute atomic E-state index is 5.87. The third-order valence-corrected chi connectivity index (χ3v) is 3.09. The first-order valence-electron chi connectivity index (χ1n) is 5.97. The average Bonchev–Trinajstić information content (AvgIpc) is 2.43. The third kappa shape index (κ3) is 3.27. The molecule has 20 heavy (non-hydrogen) atoms. The Morgan fingerprint density at radius 3 is 2.70 bits per heavy atom. The van der Waals surface area contributed by atoms with E-state index in [-0.39, 0.29) is 6.04 Å². The monoisotopic (exact) mass is 285 g/mol. The molecular formula is C13H13BClN5. The van der Waals surface area contributed by atoms with Crippen molar-refractivity contribution in [2.45, 2.75) is 13.0 Å². The van der Waals surface area contributed by atoms with Crippen LogP contribution in [0.15, 0.2) is 35.5 Å². The van der Waals surface area contributed by atoms with E-state index < -0.39 is 0 Å². The molecule has 7 heteroatoms. The lowest BCUT2D eigenvalue weighted by molar-refractivity contribution is 0.872. The topological polar surface area (TPSA) is 76.2 Å². The molecule has 0 fully saturated rings. The van der Waals surface area contributed by atoms with Gasteiger partial charge in [-0.3, -0.25) is 0 Å². The molecule has 0 bridgehead atoms. The van der Waals surface area contributed by atoms with Crippen molar-refractivity contribution in [1.29, 1.82) is 0 Å². The molecule has 2 rings (SSSR count). The number of nitrogens with two attached hydrogens (primary N) is 1. The lowest BCUT2D eigenvalue weighted by Crippen LogP contribution is -2.12. The van der Waals surface area contributed by atoms with Crippen molar-refractivity contribution in [3.05, 3.63) is 46.7 Å². The number of nitrogen functional groups attached to an aromatic ring is 1. The van der Waals surface area contributed by atoms with E-state index in [0.717, 1.165) is 5.56 Å². The Bertz CT molecular complexity index is 615. The predicted octanol–water partition coefficient (Wildman–Crippen LogP) is 2.39. The zero-order valence-corrected chi connectivity index (χ0v) is 11.7. The van der Waals surface area contributed by atoms with Crippen molar-refractivity contribution in [2.24, 2.45) is 4.90 Å². The molecule has 1 aromatic carbocycles. The number of hydrogen-bond acceptors (Lipinski definition) is 5. The van der Waals surface area contributed by atoms with Crippen LogP contribution in [0.3, 0.4) is 0 Å². The summed E-state index contributed by atoms with van der Waals surface area (Å²) in [6.45, 7) is 2.00. The van der Waals surface area contributed by atoms with Crippen LogP contribution in [-0.2, 0) is 0 Å². The maximum atomic E-state index is 5.87. The Balaban J connectivity index is 2.25. The van der Waals surface area contributed by atoms with Crippen molar-refractivity contribution in [3.8, 4) is 0 Å². The number of nitrogens with zero attached hydrogens (tertiary/aromatic N) is 3. The van der Waals surface area contributed by atoms with Crippen LogP contribution in [0.25, 0.3) is 0 Å². The van der Waals surface area contributed by atoms with Gasteiger partial charge in [0.15, 0.2) is 0 Å². The van der Waals surface area contributed by atoms with Gasteiger partial charge in [-0.15, -0.1) is 0 Å². The molecule has 100 valence electrons. The minimum absolute atomic E-state index is 0.0199. The van der Waals surface area contributed by atoms with E-state index in [0.29, 0.717) is 22.2 Å². The highest BCUT2D eigenvalue weighted by Crippen LogP contribution is 2.22. The number of aromatic nitrogens is 2. The Kier molecular flexibility index (Phi) is 4.58. The van der Waals surface area contributed by atoms with E-state index in [1.165, 1.54) is 12.5 Å². The van der Waals surface area contributed by atoms with E-state index in [9.17, 15) is 0 Å². The molecule has 0 saturated carbocycles. The molecule has 1 unspecified atom stereocenters. The number of halogens is 1. The summed E-state index contributed by atoms with van der Waals surface area (Å²) in [4.78, 5) is 11.6. The Morgan fingerprint density at radius 2 is 2.05 bits per heavy atom. The molecule has 0 amide bonds. The second kappa shape index (κ2) is 6.39. The van der Waals surface area contributed by atoms with E-state index >= 15 is 0 Å². The summed E-state index contributed by atoms with van der Waals surface area (Å²) in [5.74, 6) is 0.897. The predicted molar refractivity (Wildman–Crippen MR) is 83.3 cm³/mol. The smallest absolute Gasteiger partial charge is 0.259 e. The normalized spacial score (nSPS) is 12.5. The third-order valence-electron chi connectivity index (χ3n) is 2.84. The molecule has 0 saturated heterocycles. The zero-order valence-electron chi connectivity index (χ0n) is 10.9. The van der Waals surface area contributed by atoms with Crippen molar-refractivity contribution in [3.63, 3.8) is 0 Å². The van der Waals surface area contributed by atoms with Crippen LogP contribution in [0.5, 0.6) is 0 Å². The van der Waals surface area contributed by atoms with Crippen LogP contribution in [0.1, 0.15) is 24.1 Å². The van der Waals surface area contributed by atoms with Crippen LogP contribution in [0.4, 0.5) is 11.6 Å². The van der Waals surface area contributed by atoms with Crippen LogP contribution >= 0.6 is 11.6 Å². The summed E-state index contributed by atoms with van der Waals surface area (Å²) in [6.07, 6.45) is 2.81. The zero-order chi connectivity index (χ0) is 14.5. The first kappa shape index (κ1) is 14.3. The lowest BCUT2D eigenvalue weighted by Gasteiger charge is -2.17. The molecule has 1 heterocycles. The first-order chi connectivity index (χ1) is 9.61. The molecule has 0 aliphatic carbocycles. The van der Waals surface area contributed by atoms with Crippen LogP contribution in [0, 0.1) is 0 Å². The summed E-state index contributed by atoms with van der Waals surface area (Å²) in [7, 11) is 5.17. The van der Waals surface area contributed by atoms with E-state index in [1.54, 1.807) is 0 Å². The summed E-state index contributed by atoms with van der Waals surface area (Å²) in [6, 6.07) is 7.59. The van der Waals surface area contributed by atoms with E-state index in [2.05, 4.69) is 20.2 Å². The van der Waals surface area contributed by atoms with Gasteiger partial charge < -0.3 is 16.0 Å². The lowest BCUT2D eigenvalue weighted by atomic mass is 10.1. The quantitative estimate of drug-likeness (QED) is 0.668. The van der Waals surface area contributed by atoms with E-state index in [4.69, 9.17) is 25.3 Å². The van der Waals surface area contributed by atoms with Gasteiger partial charge >= 0.3 is 0 Å². The molecule has 1 atom stereocenters. The highest BCUT2D eigenvalue weighted by Gasteiger charge is 2.11. The molecule has 0 spiro atoms. The van der Waals surface area contributed by atoms with Crippen molar-refractivity contribution in [2.75, 3.05) is 11.1 Å². The minimum atomic E-state index is 0.0199. The van der Waals surface area contributed by atoms with Crippen molar-refractivity contribution in [1.82, 2.24) is 9.97 Å². The Hall–Kier alpha value is -2.08. The van der Waals surface area contributed by atoms with Gasteiger partial charge in [0, 0.05) is 17.3 Å². The molecule has 2 radical (unpaired) electrons. The second-order valence-electron chi connectivity index (χ2n) is 4.22. The minimum Gasteiger partial charge on any atom is -0.383 e. The summed E-state index contributed by atoms with van der Waals surface area (Å²) < 4.78 is 0. The number of benzene rings is 1. The van der Waals surface area contributed by atoms with Crippen LogP contribution < -0.4 is 11.1 Å². The number of rotatable bonds is 4. The van der Waals surface area contributed by atoms with Crippen molar-refractivity contribution < 1.29 is 0 Å². The largest absolute Gasteiger partial charge is 0.383 e. The van der Waals surface area contributed by atoms with Gasteiger partial charge in [0.05, 0.1) is 5.56 Å². The molecular weight excluding hydrogens is 272 g/mol. The first-order valence-corrected chi connectivity index (χ1v) is 6.35. The molecule has 1 aromatic heterocycles. The van der Waals surface area contributed by atoms with Gasteiger partial charge in [0.25, 0.3) is 7.98 Å². The summed E-state index contributed by atoms with van der Waals surface area (Å²) >= 11 is 5.87. The highest BCUT2D eigenvalue weighted by atomic mass is 35.5. The van der Waals surface area contributed by atoms with Crippen LogP contribution in [0.2, 0.25) is 5.02 Å². The highest BCUT2D eigenvalue weighted by molar-refractivity contribution is 6.30. The van der Waals surface area contributed by atoms with Gasteiger partial charge in [0.1, 0.15) is 18.0 Å². The maximum Gasteiger partial charge on any atom is 0.259 e. The second-order valence-corrected chi connectivity index (χ2v) is 4.65. The molecule has 5 nitrogen and oxygen atoms in total.